The molecule has 9 heteroatoms. The van der Waals surface area contributed by atoms with Gasteiger partial charge in [0, 0.05) is 10.9 Å². The molecule has 0 radical (unpaired) electrons. The summed E-state index contributed by atoms with van der Waals surface area (Å²) in [6.07, 6.45) is 1.35. The Labute approximate surface area is 144 Å². The van der Waals surface area contributed by atoms with Gasteiger partial charge in [-0.05, 0) is 30.3 Å². The first-order valence-electron chi connectivity index (χ1n) is 7.05. The zero-order valence-corrected chi connectivity index (χ0v) is 13.4. The maximum atomic E-state index is 13.3. The Bertz CT molecular complexity index is 909. The second-order valence-electron chi connectivity index (χ2n) is 4.87. The minimum absolute atomic E-state index is 0.0997. The number of benzene rings is 1. The average molecular weight is 363 g/mol. The van der Waals surface area contributed by atoms with E-state index in [0.717, 1.165) is 23.5 Å². The summed E-state index contributed by atoms with van der Waals surface area (Å²) in [5.74, 6) is -2.81. The van der Waals surface area contributed by atoms with Gasteiger partial charge in [-0.2, -0.15) is 0 Å². The standard InChI is InChI=1S/C16H11F2N3O3S/c17-10-4-3-9(6-11(10)18)12-8-25-16(20-12)21-14(22)7-19-15(23)13-2-1-5-24-13/h1-6,8H,7H2,(H,19,23)(H,20,21,22). The molecule has 0 atom stereocenters. The molecule has 3 aromatic rings. The van der Waals surface area contributed by atoms with E-state index in [-0.39, 0.29) is 17.4 Å². The Balaban J connectivity index is 1.58. The Kier molecular flexibility index (Phi) is 4.85. The second kappa shape index (κ2) is 7.22. The summed E-state index contributed by atoms with van der Waals surface area (Å²) in [5, 5.41) is 6.79. The largest absolute Gasteiger partial charge is 0.459 e. The van der Waals surface area contributed by atoms with Crippen molar-refractivity contribution in [3.05, 3.63) is 59.4 Å². The fraction of sp³-hybridized carbons (Fsp3) is 0.0625. The monoisotopic (exact) mass is 363 g/mol. The van der Waals surface area contributed by atoms with Gasteiger partial charge in [0.1, 0.15) is 0 Å². The van der Waals surface area contributed by atoms with Gasteiger partial charge < -0.3 is 15.1 Å². The number of hydrogen-bond acceptors (Lipinski definition) is 5. The van der Waals surface area contributed by atoms with Gasteiger partial charge in [-0.3, -0.25) is 9.59 Å². The number of nitrogens with one attached hydrogen (secondary N) is 2. The van der Waals surface area contributed by atoms with Crippen LogP contribution in [-0.2, 0) is 4.79 Å². The number of carbonyl (C=O) groups is 2. The topological polar surface area (TPSA) is 84.2 Å². The van der Waals surface area contributed by atoms with E-state index in [9.17, 15) is 18.4 Å². The van der Waals surface area contributed by atoms with Crippen LogP contribution in [0.5, 0.6) is 0 Å². The molecule has 0 spiro atoms. The van der Waals surface area contributed by atoms with Gasteiger partial charge >= 0.3 is 0 Å². The first-order chi connectivity index (χ1) is 12.0. The van der Waals surface area contributed by atoms with Crippen LogP contribution in [0.1, 0.15) is 10.6 Å². The molecule has 1 aromatic carbocycles. The zero-order valence-electron chi connectivity index (χ0n) is 12.6. The van der Waals surface area contributed by atoms with Crippen LogP contribution in [0.15, 0.2) is 46.4 Å². The molecule has 3 rings (SSSR count). The Hall–Kier alpha value is -3.07. The molecule has 0 aliphatic carbocycles. The van der Waals surface area contributed by atoms with Crippen LogP contribution < -0.4 is 10.6 Å². The van der Waals surface area contributed by atoms with Crippen LogP contribution in [0, 0.1) is 11.6 Å². The number of aromatic nitrogens is 1. The lowest BCUT2D eigenvalue weighted by Gasteiger charge is -2.03. The number of rotatable bonds is 5. The number of anilines is 1. The lowest BCUT2D eigenvalue weighted by Crippen LogP contribution is -2.32. The SMILES string of the molecule is O=C(CNC(=O)c1ccco1)Nc1nc(-c2ccc(F)c(F)c2)cs1. The highest BCUT2D eigenvalue weighted by molar-refractivity contribution is 7.14. The molecule has 0 fully saturated rings. The summed E-state index contributed by atoms with van der Waals surface area (Å²) in [4.78, 5) is 27.6. The van der Waals surface area contributed by atoms with E-state index in [1.54, 1.807) is 11.4 Å². The lowest BCUT2D eigenvalue weighted by atomic mass is 10.2. The van der Waals surface area contributed by atoms with Gasteiger partial charge in [0.25, 0.3) is 5.91 Å². The minimum Gasteiger partial charge on any atom is -0.459 e. The minimum atomic E-state index is -0.975. The highest BCUT2D eigenvalue weighted by atomic mass is 32.1. The van der Waals surface area contributed by atoms with E-state index >= 15 is 0 Å². The highest BCUT2D eigenvalue weighted by Gasteiger charge is 2.13. The van der Waals surface area contributed by atoms with E-state index in [4.69, 9.17) is 4.42 Å². The van der Waals surface area contributed by atoms with Crippen molar-refractivity contribution in [1.82, 2.24) is 10.3 Å². The quantitative estimate of drug-likeness (QED) is 0.730. The molecule has 0 aliphatic heterocycles. The molecule has 0 bridgehead atoms. The number of nitrogens with zero attached hydrogens (tertiary/aromatic N) is 1. The van der Waals surface area contributed by atoms with Crippen LogP contribution >= 0.6 is 11.3 Å². The number of hydrogen-bond donors (Lipinski definition) is 2. The molecular formula is C16H11F2N3O3S. The molecule has 0 saturated carbocycles. The second-order valence-corrected chi connectivity index (χ2v) is 5.73. The van der Waals surface area contributed by atoms with E-state index in [2.05, 4.69) is 15.6 Å². The van der Waals surface area contributed by atoms with Crippen molar-refractivity contribution < 1.29 is 22.8 Å². The third-order valence-electron chi connectivity index (χ3n) is 3.12. The Morgan fingerprint density at radius 1 is 1.20 bits per heavy atom. The molecule has 25 heavy (non-hydrogen) atoms. The van der Waals surface area contributed by atoms with Gasteiger partial charge in [-0.25, -0.2) is 13.8 Å². The molecule has 2 amide bonds. The zero-order chi connectivity index (χ0) is 17.8. The third-order valence-corrected chi connectivity index (χ3v) is 3.88. The summed E-state index contributed by atoms with van der Waals surface area (Å²) in [7, 11) is 0. The predicted molar refractivity (Wildman–Crippen MR) is 87.1 cm³/mol. The van der Waals surface area contributed by atoms with Crippen molar-refractivity contribution in [3.8, 4) is 11.3 Å². The van der Waals surface area contributed by atoms with E-state index in [1.165, 1.54) is 18.4 Å². The van der Waals surface area contributed by atoms with Crippen LogP contribution in [0.3, 0.4) is 0 Å². The molecule has 0 saturated heterocycles. The van der Waals surface area contributed by atoms with Crippen LogP contribution in [-0.4, -0.2) is 23.3 Å². The van der Waals surface area contributed by atoms with Gasteiger partial charge in [-0.1, -0.05) is 0 Å². The normalized spacial score (nSPS) is 10.5. The third kappa shape index (κ3) is 4.07. The number of amides is 2. The molecule has 128 valence electrons. The molecule has 2 aromatic heterocycles. The first-order valence-corrected chi connectivity index (χ1v) is 7.93. The van der Waals surface area contributed by atoms with Crippen molar-refractivity contribution >= 4 is 28.3 Å². The van der Waals surface area contributed by atoms with Gasteiger partial charge in [0.05, 0.1) is 18.5 Å². The van der Waals surface area contributed by atoms with Crippen LogP contribution in [0.2, 0.25) is 0 Å². The van der Waals surface area contributed by atoms with Crippen molar-refractivity contribution in [3.63, 3.8) is 0 Å². The number of furan rings is 1. The molecular weight excluding hydrogens is 352 g/mol. The number of thiazole rings is 1. The number of halogens is 2. The average Bonchev–Trinajstić information content (AvgIpc) is 3.27. The fourth-order valence-corrected chi connectivity index (χ4v) is 2.67. The smallest absolute Gasteiger partial charge is 0.287 e. The van der Waals surface area contributed by atoms with Crippen LogP contribution in [0.25, 0.3) is 11.3 Å². The predicted octanol–water partition coefficient (Wildman–Crippen LogP) is 3.05. The maximum Gasteiger partial charge on any atom is 0.287 e. The summed E-state index contributed by atoms with van der Waals surface area (Å²) in [6.45, 7) is -0.264. The van der Waals surface area contributed by atoms with Crippen molar-refractivity contribution in [2.24, 2.45) is 0 Å². The summed E-state index contributed by atoms with van der Waals surface area (Å²) < 4.78 is 31.1. The van der Waals surface area contributed by atoms with E-state index in [1.807, 2.05) is 0 Å². The molecule has 6 nitrogen and oxygen atoms in total. The maximum absolute atomic E-state index is 13.3. The van der Waals surface area contributed by atoms with Gasteiger partial charge in [0.2, 0.25) is 5.91 Å². The van der Waals surface area contributed by atoms with Crippen molar-refractivity contribution in [2.45, 2.75) is 0 Å². The lowest BCUT2D eigenvalue weighted by molar-refractivity contribution is -0.115. The van der Waals surface area contributed by atoms with Crippen molar-refractivity contribution in [1.29, 1.82) is 0 Å². The Morgan fingerprint density at radius 3 is 2.76 bits per heavy atom. The molecule has 0 unspecified atom stereocenters. The molecule has 2 N–H and O–H groups in total. The van der Waals surface area contributed by atoms with Gasteiger partial charge in [0.15, 0.2) is 22.5 Å². The molecule has 0 aliphatic rings. The summed E-state index contributed by atoms with van der Waals surface area (Å²) in [5.41, 5.74) is 0.792. The van der Waals surface area contributed by atoms with E-state index in [0.29, 0.717) is 11.3 Å². The first kappa shape index (κ1) is 16.8. The van der Waals surface area contributed by atoms with Crippen LogP contribution in [0.4, 0.5) is 13.9 Å². The summed E-state index contributed by atoms with van der Waals surface area (Å²) in [6, 6.07) is 6.46. The Morgan fingerprint density at radius 2 is 2.04 bits per heavy atom. The highest BCUT2D eigenvalue weighted by Crippen LogP contribution is 2.26. The number of carbonyl (C=O) groups excluding carboxylic acids is 2. The fourth-order valence-electron chi connectivity index (χ4n) is 1.94. The van der Waals surface area contributed by atoms with Crippen molar-refractivity contribution in [2.75, 3.05) is 11.9 Å². The summed E-state index contributed by atoms with van der Waals surface area (Å²) >= 11 is 1.12. The van der Waals surface area contributed by atoms with Gasteiger partial charge in [-0.15, -0.1) is 11.3 Å². The molecule has 2 heterocycles. The van der Waals surface area contributed by atoms with E-state index < -0.39 is 23.4 Å².